The van der Waals surface area contributed by atoms with Gasteiger partial charge < -0.3 is 24.4 Å². The normalized spacial score (nSPS) is 18.2. The van der Waals surface area contributed by atoms with Gasteiger partial charge in [0.05, 0.1) is 36.6 Å². The first-order valence-electron chi connectivity index (χ1n) is 12.0. The van der Waals surface area contributed by atoms with E-state index in [-0.39, 0.29) is 6.03 Å². The van der Waals surface area contributed by atoms with Crippen LogP contribution < -0.4 is 24.4 Å². The van der Waals surface area contributed by atoms with Crippen LogP contribution >= 0.6 is 11.9 Å². The third-order valence-electron chi connectivity index (χ3n) is 6.41. The number of para-hydroxylation sites is 2. The van der Waals surface area contributed by atoms with Crippen molar-refractivity contribution in [2.24, 2.45) is 0 Å². The summed E-state index contributed by atoms with van der Waals surface area (Å²) < 4.78 is 18.9. The van der Waals surface area contributed by atoms with E-state index in [0.717, 1.165) is 74.1 Å². The molecule has 2 aromatic rings. The van der Waals surface area contributed by atoms with E-state index in [1.165, 1.54) is 17.6 Å². The van der Waals surface area contributed by atoms with Gasteiger partial charge in [0, 0.05) is 51.3 Å². The molecule has 0 atom stereocenters. The maximum Gasteiger partial charge on any atom is 0.332 e. The van der Waals surface area contributed by atoms with Gasteiger partial charge in [-0.25, -0.2) is 4.79 Å². The fourth-order valence-corrected chi connectivity index (χ4v) is 5.50. The molecule has 3 aliphatic heterocycles. The number of unbranched alkanes of at least 4 members (excludes halogenated alkanes) is 1. The minimum atomic E-state index is -0.0718. The van der Waals surface area contributed by atoms with Crippen LogP contribution in [0.15, 0.2) is 41.3 Å². The van der Waals surface area contributed by atoms with Crippen LogP contribution in [-0.4, -0.2) is 74.8 Å². The number of amides is 2. The highest BCUT2D eigenvalue weighted by atomic mass is 32.2. The quantitative estimate of drug-likeness (QED) is 0.464. The number of benzene rings is 2. The number of hydrogen-bond acceptors (Lipinski definition) is 7. The zero-order chi connectivity index (χ0) is 23.3. The minimum Gasteiger partial charge on any atom is -0.495 e. The topological polar surface area (TPSA) is 66.5 Å². The molecule has 2 amide bonds. The SMILES string of the molecule is COc1ccccc1N1CCN(CCCCN2Sc3cc4c(cc3NC2=O)OCCCO4)CC1. The van der Waals surface area contributed by atoms with Crippen LogP contribution in [0.4, 0.5) is 16.2 Å². The molecular weight excluding hydrogens is 452 g/mol. The van der Waals surface area contributed by atoms with Gasteiger partial charge in [0.15, 0.2) is 11.5 Å². The Bertz CT molecular complexity index is 1010. The van der Waals surface area contributed by atoms with Crippen molar-refractivity contribution in [3.63, 3.8) is 0 Å². The molecule has 3 heterocycles. The summed E-state index contributed by atoms with van der Waals surface area (Å²) in [6.07, 6.45) is 2.89. The molecule has 0 aromatic heterocycles. The number of fused-ring (bicyclic) bond motifs is 2. The first-order chi connectivity index (χ1) is 16.7. The molecule has 8 nitrogen and oxygen atoms in total. The molecule has 3 aliphatic rings. The summed E-state index contributed by atoms with van der Waals surface area (Å²) in [5.74, 6) is 2.40. The molecule has 0 saturated carbocycles. The molecular formula is C25H32N4O4S. The number of nitrogens with one attached hydrogen (secondary N) is 1. The molecule has 0 radical (unpaired) electrons. The van der Waals surface area contributed by atoms with E-state index in [4.69, 9.17) is 14.2 Å². The van der Waals surface area contributed by atoms with Crippen molar-refractivity contribution < 1.29 is 19.0 Å². The zero-order valence-corrected chi connectivity index (χ0v) is 20.4. The van der Waals surface area contributed by atoms with Crippen molar-refractivity contribution in [2.75, 3.05) is 69.8 Å². The molecule has 0 unspecified atom stereocenters. The van der Waals surface area contributed by atoms with Crippen LogP contribution in [0.5, 0.6) is 17.2 Å². The van der Waals surface area contributed by atoms with E-state index in [9.17, 15) is 4.79 Å². The third-order valence-corrected chi connectivity index (χ3v) is 7.51. The Morgan fingerprint density at radius 2 is 1.74 bits per heavy atom. The molecule has 1 N–H and O–H groups in total. The van der Waals surface area contributed by atoms with Gasteiger partial charge >= 0.3 is 6.03 Å². The summed E-state index contributed by atoms with van der Waals surface area (Å²) in [5, 5.41) is 3.00. The smallest absolute Gasteiger partial charge is 0.332 e. The monoisotopic (exact) mass is 484 g/mol. The van der Waals surface area contributed by atoms with Crippen LogP contribution in [0.2, 0.25) is 0 Å². The predicted molar refractivity (Wildman–Crippen MR) is 135 cm³/mol. The first kappa shape index (κ1) is 23.0. The lowest BCUT2D eigenvalue weighted by Crippen LogP contribution is -2.46. The molecule has 5 rings (SSSR count). The standard InChI is InChI=1S/C25H32N4O4S/c1-31-21-8-3-2-7-20(21)28-13-11-27(12-14-28)9-4-5-10-29-25(30)26-19-17-22-23(18-24(19)34-29)33-16-6-15-32-22/h2-3,7-8,17-18H,4-6,9-16H2,1H3,(H,26,30). The lowest BCUT2D eigenvalue weighted by molar-refractivity contribution is 0.233. The second-order valence-corrected chi connectivity index (χ2v) is 9.74. The molecule has 9 heteroatoms. The van der Waals surface area contributed by atoms with E-state index in [0.29, 0.717) is 25.5 Å². The number of urea groups is 1. The number of ether oxygens (including phenoxy) is 3. The Balaban J connectivity index is 1.07. The number of hydrogen-bond donors (Lipinski definition) is 1. The minimum absolute atomic E-state index is 0.0718. The molecule has 182 valence electrons. The Morgan fingerprint density at radius 3 is 2.53 bits per heavy atom. The van der Waals surface area contributed by atoms with Crippen molar-refractivity contribution in [3.05, 3.63) is 36.4 Å². The van der Waals surface area contributed by atoms with E-state index >= 15 is 0 Å². The maximum atomic E-state index is 12.6. The second kappa shape index (κ2) is 10.7. The molecule has 0 spiro atoms. The van der Waals surface area contributed by atoms with Gasteiger partial charge in [-0.3, -0.25) is 9.21 Å². The van der Waals surface area contributed by atoms with Crippen molar-refractivity contribution in [1.82, 2.24) is 9.21 Å². The van der Waals surface area contributed by atoms with Crippen LogP contribution in [-0.2, 0) is 0 Å². The predicted octanol–water partition coefficient (Wildman–Crippen LogP) is 4.31. The van der Waals surface area contributed by atoms with Gasteiger partial charge in [0.2, 0.25) is 0 Å². The van der Waals surface area contributed by atoms with Gasteiger partial charge in [-0.1, -0.05) is 12.1 Å². The fourth-order valence-electron chi connectivity index (χ4n) is 4.54. The van der Waals surface area contributed by atoms with Gasteiger partial charge in [0.1, 0.15) is 5.75 Å². The van der Waals surface area contributed by atoms with Crippen LogP contribution in [0, 0.1) is 0 Å². The molecule has 0 aliphatic carbocycles. The lowest BCUT2D eigenvalue weighted by Gasteiger charge is -2.36. The highest BCUT2D eigenvalue weighted by Gasteiger charge is 2.26. The van der Waals surface area contributed by atoms with E-state index in [1.54, 1.807) is 7.11 Å². The number of rotatable bonds is 7. The summed E-state index contributed by atoms with van der Waals surface area (Å²) in [4.78, 5) is 18.5. The summed E-state index contributed by atoms with van der Waals surface area (Å²) >= 11 is 1.49. The average Bonchev–Trinajstić information content (AvgIpc) is 3.10. The number of anilines is 2. The van der Waals surface area contributed by atoms with Crippen molar-refractivity contribution in [1.29, 1.82) is 0 Å². The third kappa shape index (κ3) is 5.15. The number of nitrogens with zero attached hydrogens (tertiary/aromatic N) is 3. The Morgan fingerprint density at radius 1 is 1.00 bits per heavy atom. The number of methoxy groups -OCH3 is 1. The summed E-state index contributed by atoms with van der Waals surface area (Å²) in [6, 6.07) is 12.0. The fraction of sp³-hybridized carbons (Fsp3) is 0.480. The van der Waals surface area contributed by atoms with Gasteiger partial charge in [-0.05, 0) is 43.5 Å². The second-order valence-electron chi connectivity index (χ2n) is 8.68. The summed E-state index contributed by atoms with van der Waals surface area (Å²) in [7, 11) is 1.73. The maximum absolute atomic E-state index is 12.6. The Hall–Kier alpha value is -2.78. The Kier molecular flexibility index (Phi) is 7.20. The van der Waals surface area contributed by atoms with E-state index in [1.807, 2.05) is 28.6 Å². The lowest BCUT2D eigenvalue weighted by atomic mass is 10.2. The molecule has 34 heavy (non-hydrogen) atoms. The van der Waals surface area contributed by atoms with Crippen molar-refractivity contribution in [3.8, 4) is 17.2 Å². The molecule has 1 fully saturated rings. The zero-order valence-electron chi connectivity index (χ0n) is 19.6. The van der Waals surface area contributed by atoms with Crippen LogP contribution in [0.3, 0.4) is 0 Å². The average molecular weight is 485 g/mol. The molecule has 2 aromatic carbocycles. The number of carbonyl (C=O) groups is 1. The highest BCUT2D eigenvalue weighted by molar-refractivity contribution is 7.97. The van der Waals surface area contributed by atoms with Crippen molar-refractivity contribution >= 4 is 29.4 Å². The highest BCUT2D eigenvalue weighted by Crippen LogP contribution is 2.43. The summed E-state index contributed by atoms with van der Waals surface area (Å²) in [6.45, 7) is 7.12. The first-order valence-corrected chi connectivity index (χ1v) is 12.8. The molecule has 0 bridgehead atoms. The molecule has 1 saturated heterocycles. The van der Waals surface area contributed by atoms with Gasteiger partial charge in [0.25, 0.3) is 0 Å². The van der Waals surface area contributed by atoms with Crippen molar-refractivity contribution in [2.45, 2.75) is 24.2 Å². The largest absolute Gasteiger partial charge is 0.495 e. The number of carbonyl (C=O) groups excluding carboxylic acids is 1. The number of piperazine rings is 1. The Labute approximate surface area is 205 Å². The van der Waals surface area contributed by atoms with E-state index < -0.39 is 0 Å². The van der Waals surface area contributed by atoms with Gasteiger partial charge in [-0.15, -0.1) is 0 Å². The van der Waals surface area contributed by atoms with Gasteiger partial charge in [-0.2, -0.15) is 0 Å². The summed E-state index contributed by atoms with van der Waals surface area (Å²) in [5.41, 5.74) is 1.97. The van der Waals surface area contributed by atoms with Crippen LogP contribution in [0.25, 0.3) is 0 Å². The van der Waals surface area contributed by atoms with Crippen LogP contribution in [0.1, 0.15) is 19.3 Å². The van der Waals surface area contributed by atoms with E-state index in [2.05, 4.69) is 27.2 Å².